The van der Waals surface area contributed by atoms with Crippen molar-refractivity contribution in [2.24, 2.45) is 0 Å². The van der Waals surface area contributed by atoms with E-state index in [1.807, 2.05) is 26.8 Å². The molecule has 3 rings (SSSR count). The number of nitrogens with zero attached hydrogens (tertiary/aromatic N) is 1. The summed E-state index contributed by atoms with van der Waals surface area (Å²) in [6, 6.07) is 7.74. The predicted octanol–water partition coefficient (Wildman–Crippen LogP) is 5.20. The molecule has 4 nitrogen and oxygen atoms in total. The number of ether oxygens (including phenoxy) is 1. The van der Waals surface area contributed by atoms with Gasteiger partial charge in [-0.15, -0.1) is 13.2 Å². The van der Waals surface area contributed by atoms with Gasteiger partial charge in [0.1, 0.15) is 5.75 Å². The molecule has 1 heterocycles. The minimum Gasteiger partial charge on any atom is -0.405 e. The number of amides is 1. The molecule has 1 aliphatic rings. The monoisotopic (exact) mass is 390 g/mol. The Morgan fingerprint density at radius 3 is 2.46 bits per heavy atom. The van der Waals surface area contributed by atoms with E-state index < -0.39 is 6.36 Å². The second kappa shape index (κ2) is 6.65. The number of halogens is 3. The number of anilines is 1. The van der Waals surface area contributed by atoms with Crippen molar-refractivity contribution < 1.29 is 22.7 Å². The number of alkyl halides is 3. The Balaban J connectivity index is 2.25. The van der Waals surface area contributed by atoms with Crippen LogP contribution in [-0.4, -0.2) is 25.5 Å². The Bertz CT molecular complexity index is 965. The predicted molar refractivity (Wildman–Crippen MR) is 102 cm³/mol. The van der Waals surface area contributed by atoms with Crippen molar-refractivity contribution in [1.29, 1.82) is 5.41 Å². The molecule has 28 heavy (non-hydrogen) atoms. The highest BCUT2D eigenvalue weighted by molar-refractivity contribution is 5.98. The Hall–Kier alpha value is -2.83. The molecule has 0 bridgehead atoms. The molecule has 0 aromatic heterocycles. The Morgan fingerprint density at radius 2 is 1.86 bits per heavy atom. The zero-order valence-electron chi connectivity index (χ0n) is 16.1. The maximum absolute atomic E-state index is 12.9. The summed E-state index contributed by atoms with van der Waals surface area (Å²) in [5.41, 5.74) is 3.24. The number of nitrogens with one attached hydrogen (secondary N) is 1. The molecule has 0 aliphatic carbocycles. The fourth-order valence-corrected chi connectivity index (χ4v) is 3.59. The number of fused-ring (bicyclic) bond motifs is 1. The molecule has 1 amide bonds. The van der Waals surface area contributed by atoms with E-state index in [4.69, 9.17) is 5.41 Å². The topological polar surface area (TPSA) is 53.4 Å². The summed E-state index contributed by atoms with van der Waals surface area (Å²) in [5, 5.41) is 7.43. The first kappa shape index (κ1) is 19.9. The number of hydrogen-bond acceptors (Lipinski definition) is 3. The molecule has 0 fully saturated rings. The molecule has 2 aromatic carbocycles. The van der Waals surface area contributed by atoms with Crippen LogP contribution in [0, 0.1) is 12.3 Å². The molecule has 1 N–H and O–H groups in total. The Morgan fingerprint density at radius 1 is 1.18 bits per heavy atom. The van der Waals surface area contributed by atoms with Gasteiger partial charge < -0.3 is 15.0 Å². The van der Waals surface area contributed by atoms with Crippen molar-refractivity contribution in [2.75, 3.05) is 11.9 Å². The third kappa shape index (κ3) is 3.61. The van der Waals surface area contributed by atoms with Crippen LogP contribution in [0.1, 0.15) is 37.0 Å². The van der Waals surface area contributed by atoms with E-state index in [2.05, 4.69) is 4.74 Å². The number of carbonyl (C=O) groups is 1. The minimum absolute atomic E-state index is 0.0488. The van der Waals surface area contributed by atoms with Crippen LogP contribution in [0.3, 0.4) is 0 Å². The first-order chi connectivity index (χ1) is 12.9. The molecule has 2 aromatic rings. The van der Waals surface area contributed by atoms with Gasteiger partial charge in [0.05, 0.1) is 0 Å². The molecule has 1 aliphatic heterocycles. The molecule has 0 unspecified atom stereocenters. The molecular weight excluding hydrogens is 369 g/mol. The third-order valence-electron chi connectivity index (χ3n) is 5.09. The van der Waals surface area contributed by atoms with Crippen LogP contribution in [0.4, 0.5) is 18.9 Å². The van der Waals surface area contributed by atoms with Crippen molar-refractivity contribution >= 4 is 17.8 Å². The van der Waals surface area contributed by atoms with Gasteiger partial charge in [-0.25, -0.2) is 0 Å². The van der Waals surface area contributed by atoms with E-state index in [-0.39, 0.29) is 22.6 Å². The Labute approximate surface area is 161 Å². The maximum atomic E-state index is 12.9. The van der Waals surface area contributed by atoms with E-state index in [0.717, 1.165) is 17.3 Å². The SMILES string of the molecule is Cc1cc2c(cc1-c1cc(C=N)ccc1OC(F)(F)F)N(C)C(=O)CC2(C)C. The molecule has 0 radical (unpaired) electrons. The second-order valence-electron chi connectivity index (χ2n) is 7.65. The lowest BCUT2D eigenvalue weighted by Gasteiger charge is -2.37. The van der Waals surface area contributed by atoms with E-state index in [9.17, 15) is 18.0 Å². The van der Waals surface area contributed by atoms with Gasteiger partial charge in [-0.05, 0) is 53.4 Å². The van der Waals surface area contributed by atoms with Crippen LogP contribution in [0.25, 0.3) is 11.1 Å². The van der Waals surface area contributed by atoms with Gasteiger partial charge in [0.15, 0.2) is 0 Å². The molecular formula is C21H21F3N2O2. The average Bonchev–Trinajstić information content (AvgIpc) is 2.58. The van der Waals surface area contributed by atoms with Gasteiger partial charge in [0, 0.05) is 36.3 Å². The third-order valence-corrected chi connectivity index (χ3v) is 5.09. The number of rotatable bonds is 3. The molecule has 0 spiro atoms. The molecule has 0 saturated carbocycles. The van der Waals surface area contributed by atoms with Crippen LogP contribution >= 0.6 is 0 Å². The maximum Gasteiger partial charge on any atom is 0.573 e. The molecule has 148 valence electrons. The number of carbonyl (C=O) groups excluding carboxylic acids is 1. The first-order valence-corrected chi connectivity index (χ1v) is 8.75. The first-order valence-electron chi connectivity index (χ1n) is 8.75. The summed E-state index contributed by atoms with van der Waals surface area (Å²) in [7, 11) is 1.66. The van der Waals surface area contributed by atoms with Crippen LogP contribution in [0.5, 0.6) is 5.75 Å². The van der Waals surface area contributed by atoms with E-state index in [0.29, 0.717) is 23.2 Å². The van der Waals surface area contributed by atoms with Crippen molar-refractivity contribution in [3.63, 3.8) is 0 Å². The number of hydrogen-bond donors (Lipinski definition) is 1. The molecule has 0 saturated heterocycles. The van der Waals surface area contributed by atoms with Crippen LogP contribution in [0.15, 0.2) is 30.3 Å². The van der Waals surface area contributed by atoms with Crippen molar-refractivity contribution in [3.05, 3.63) is 47.0 Å². The largest absolute Gasteiger partial charge is 0.573 e. The van der Waals surface area contributed by atoms with Gasteiger partial charge in [0.2, 0.25) is 5.91 Å². The summed E-state index contributed by atoms with van der Waals surface area (Å²) in [6.45, 7) is 5.77. The summed E-state index contributed by atoms with van der Waals surface area (Å²) in [4.78, 5) is 13.9. The quantitative estimate of drug-likeness (QED) is 0.732. The van der Waals surface area contributed by atoms with Crippen molar-refractivity contribution in [2.45, 2.75) is 39.0 Å². The van der Waals surface area contributed by atoms with Crippen LogP contribution < -0.4 is 9.64 Å². The summed E-state index contributed by atoms with van der Waals surface area (Å²) in [6.07, 6.45) is -3.41. The van der Waals surface area contributed by atoms with Crippen LogP contribution in [0.2, 0.25) is 0 Å². The van der Waals surface area contributed by atoms with Gasteiger partial charge >= 0.3 is 6.36 Å². The summed E-state index contributed by atoms with van der Waals surface area (Å²) in [5.74, 6) is -0.391. The highest BCUT2D eigenvalue weighted by Gasteiger charge is 2.36. The smallest absolute Gasteiger partial charge is 0.405 e. The van der Waals surface area contributed by atoms with E-state index >= 15 is 0 Å². The van der Waals surface area contributed by atoms with Crippen molar-refractivity contribution in [1.82, 2.24) is 0 Å². The minimum atomic E-state index is -4.84. The van der Waals surface area contributed by atoms with E-state index in [1.165, 1.54) is 23.1 Å². The van der Waals surface area contributed by atoms with Crippen molar-refractivity contribution in [3.8, 4) is 16.9 Å². The highest BCUT2D eigenvalue weighted by atomic mass is 19.4. The lowest BCUT2D eigenvalue weighted by Crippen LogP contribution is -2.39. The zero-order valence-corrected chi connectivity index (χ0v) is 16.1. The Kier molecular flexibility index (Phi) is 4.73. The summed E-state index contributed by atoms with van der Waals surface area (Å²) < 4.78 is 42.9. The fraction of sp³-hybridized carbons (Fsp3) is 0.333. The van der Waals surface area contributed by atoms with Gasteiger partial charge in [-0.3, -0.25) is 4.79 Å². The second-order valence-corrected chi connectivity index (χ2v) is 7.65. The van der Waals surface area contributed by atoms with Crippen LogP contribution in [-0.2, 0) is 10.2 Å². The lowest BCUT2D eigenvalue weighted by molar-refractivity contribution is -0.274. The number of benzene rings is 2. The van der Waals surface area contributed by atoms with E-state index in [1.54, 1.807) is 13.1 Å². The summed E-state index contributed by atoms with van der Waals surface area (Å²) >= 11 is 0. The van der Waals surface area contributed by atoms with Gasteiger partial charge in [-0.1, -0.05) is 19.9 Å². The normalized spacial score (nSPS) is 16.0. The standard InChI is InChI=1S/C21H21F3N2O2/c1-12-7-16-17(26(4)19(27)10-20(16,2)3)9-14(12)15-8-13(11-25)5-6-18(15)28-21(22,23)24/h5-9,11,25H,10H2,1-4H3. The molecule has 7 heteroatoms. The average molecular weight is 390 g/mol. The highest BCUT2D eigenvalue weighted by Crippen LogP contribution is 2.45. The lowest BCUT2D eigenvalue weighted by atomic mass is 9.76. The zero-order chi connectivity index (χ0) is 20.9. The van der Waals surface area contributed by atoms with Gasteiger partial charge in [0.25, 0.3) is 0 Å². The number of aryl methyl sites for hydroxylation is 1. The molecule has 0 atom stereocenters. The van der Waals surface area contributed by atoms with Gasteiger partial charge in [-0.2, -0.15) is 0 Å². The fourth-order valence-electron chi connectivity index (χ4n) is 3.59.